The molecular formula is H4AuN2O3+. The number of hydrogen-bond acceptors (Lipinski definition) is 3. The summed E-state index contributed by atoms with van der Waals surface area (Å²) in [4.78, 5) is 8.25. The molecule has 6 heteroatoms. The van der Waals surface area contributed by atoms with Gasteiger partial charge in [0.15, 0.2) is 0 Å². The van der Waals surface area contributed by atoms with E-state index in [1.807, 2.05) is 0 Å². The maximum absolute atomic E-state index is 8.25. The zero-order valence-electron chi connectivity index (χ0n) is 2.97. The SMILES string of the molecule is O=[N+]([O-])[O-].[Au+].[NH4+]. The van der Waals surface area contributed by atoms with Crippen molar-refractivity contribution in [3.63, 3.8) is 0 Å². The Morgan fingerprint density at radius 1 is 1.33 bits per heavy atom. The van der Waals surface area contributed by atoms with Gasteiger partial charge >= 0.3 is 22.4 Å². The normalized spacial score (nSPS) is 4.00. The molecule has 0 aromatic carbocycles. The van der Waals surface area contributed by atoms with Gasteiger partial charge in [-0.05, 0) is 0 Å². The zero-order chi connectivity index (χ0) is 3.58. The van der Waals surface area contributed by atoms with Gasteiger partial charge in [0.1, 0.15) is 0 Å². The molecule has 0 unspecified atom stereocenters. The summed E-state index contributed by atoms with van der Waals surface area (Å²) in [6, 6.07) is 0. The van der Waals surface area contributed by atoms with E-state index in [0.717, 1.165) is 0 Å². The molecule has 0 aliphatic carbocycles. The Hall–Kier alpha value is -0.0997. The third-order valence-electron chi connectivity index (χ3n) is 0. The van der Waals surface area contributed by atoms with Gasteiger partial charge in [-0.3, -0.25) is 0 Å². The Bertz CT molecular complexity index is 31.8. The van der Waals surface area contributed by atoms with Crippen LogP contribution in [-0.4, -0.2) is 5.09 Å². The molecule has 0 heterocycles. The van der Waals surface area contributed by atoms with Crippen molar-refractivity contribution in [3.05, 3.63) is 15.3 Å². The standard InChI is InChI=1S/Au.NO3.H3N/c;2-1(3)4;/h;;1H3/q+1;-1;/p+1. The fourth-order valence-electron chi connectivity index (χ4n) is 0. The van der Waals surface area contributed by atoms with Gasteiger partial charge in [-0.1, -0.05) is 0 Å². The van der Waals surface area contributed by atoms with Crippen LogP contribution in [-0.2, 0) is 22.4 Å². The predicted octanol–water partition coefficient (Wildman–Crippen LogP) is 0.135. The van der Waals surface area contributed by atoms with E-state index in [1.54, 1.807) is 0 Å². The number of quaternary nitrogens is 1. The molecule has 42 valence electrons. The van der Waals surface area contributed by atoms with Gasteiger partial charge in [-0.15, -0.1) is 0 Å². The average Bonchev–Trinajstić information content (AvgIpc) is 0.811. The zero-order valence-corrected chi connectivity index (χ0v) is 5.14. The third kappa shape index (κ3) is 3300. The van der Waals surface area contributed by atoms with E-state index in [0.29, 0.717) is 0 Å². The van der Waals surface area contributed by atoms with Crippen molar-refractivity contribution in [1.82, 2.24) is 6.15 Å². The van der Waals surface area contributed by atoms with Crippen molar-refractivity contribution in [3.8, 4) is 0 Å². The summed E-state index contributed by atoms with van der Waals surface area (Å²) in [5, 5.41) is 14.8. The van der Waals surface area contributed by atoms with E-state index in [-0.39, 0.29) is 28.5 Å². The fourth-order valence-corrected chi connectivity index (χ4v) is 0. The molecule has 5 nitrogen and oxygen atoms in total. The first-order valence-electron chi connectivity index (χ1n) is 0.548. The molecule has 0 atom stereocenters. The molecule has 0 aliphatic rings. The summed E-state index contributed by atoms with van der Waals surface area (Å²) < 4.78 is 0. The number of nitrogens with zero attached hydrogens (tertiary/aromatic N) is 1. The van der Waals surface area contributed by atoms with Crippen molar-refractivity contribution in [2.75, 3.05) is 0 Å². The van der Waals surface area contributed by atoms with Crippen molar-refractivity contribution in [2.24, 2.45) is 0 Å². The third-order valence-corrected chi connectivity index (χ3v) is 0. The van der Waals surface area contributed by atoms with Gasteiger partial charge < -0.3 is 21.5 Å². The van der Waals surface area contributed by atoms with Gasteiger partial charge in [-0.2, -0.15) is 0 Å². The monoisotopic (exact) mass is 277 g/mol. The van der Waals surface area contributed by atoms with Crippen molar-refractivity contribution >= 4 is 0 Å². The molecule has 0 aromatic rings. The molecule has 0 fully saturated rings. The molecule has 0 saturated heterocycles. The second kappa shape index (κ2) is 8.86. The Morgan fingerprint density at radius 2 is 1.33 bits per heavy atom. The first kappa shape index (κ1) is 16.8. The Labute approximate surface area is 49.5 Å². The molecule has 0 bridgehead atoms. The van der Waals surface area contributed by atoms with Crippen LogP contribution in [0.15, 0.2) is 0 Å². The second-order valence-electron chi connectivity index (χ2n) is 0.224. The maximum atomic E-state index is 8.25. The van der Waals surface area contributed by atoms with Crippen molar-refractivity contribution in [2.45, 2.75) is 0 Å². The summed E-state index contributed by atoms with van der Waals surface area (Å²) in [7, 11) is 0. The molecule has 0 aromatic heterocycles. The quantitative estimate of drug-likeness (QED) is 0.386. The average molecular weight is 277 g/mol. The molecule has 0 rings (SSSR count). The molecule has 0 saturated carbocycles. The number of hydrogen-bond donors (Lipinski definition) is 1. The van der Waals surface area contributed by atoms with Crippen LogP contribution in [0.5, 0.6) is 0 Å². The minimum absolute atomic E-state index is 0. The molecule has 0 amide bonds. The van der Waals surface area contributed by atoms with Crippen LogP contribution in [0, 0.1) is 15.3 Å². The fraction of sp³-hybridized carbons (Fsp3) is 0. The molecule has 0 radical (unpaired) electrons. The Balaban J connectivity index is -0.0000000450. The van der Waals surface area contributed by atoms with Crippen LogP contribution in [0.25, 0.3) is 0 Å². The van der Waals surface area contributed by atoms with Gasteiger partial charge in [0.2, 0.25) is 0 Å². The van der Waals surface area contributed by atoms with Crippen molar-refractivity contribution in [1.29, 1.82) is 0 Å². The molecule has 6 heavy (non-hydrogen) atoms. The van der Waals surface area contributed by atoms with Crippen LogP contribution < -0.4 is 6.15 Å². The predicted molar refractivity (Wildman–Crippen MR) is 16.3 cm³/mol. The van der Waals surface area contributed by atoms with Gasteiger partial charge in [-0.25, -0.2) is 0 Å². The first-order valence-corrected chi connectivity index (χ1v) is 0.548. The van der Waals surface area contributed by atoms with E-state index in [2.05, 4.69) is 0 Å². The van der Waals surface area contributed by atoms with Crippen LogP contribution in [0.3, 0.4) is 0 Å². The topological polar surface area (TPSA) is 103 Å². The summed E-state index contributed by atoms with van der Waals surface area (Å²) >= 11 is 0. The van der Waals surface area contributed by atoms with Gasteiger partial charge in [0.05, 0.1) is 5.09 Å². The van der Waals surface area contributed by atoms with Crippen LogP contribution in [0.1, 0.15) is 0 Å². The van der Waals surface area contributed by atoms with Gasteiger partial charge in [0, 0.05) is 0 Å². The van der Waals surface area contributed by atoms with Crippen LogP contribution in [0.4, 0.5) is 0 Å². The molecule has 0 aliphatic heterocycles. The van der Waals surface area contributed by atoms with E-state index in [9.17, 15) is 0 Å². The van der Waals surface area contributed by atoms with Crippen LogP contribution >= 0.6 is 0 Å². The van der Waals surface area contributed by atoms with Crippen LogP contribution in [0.2, 0.25) is 0 Å². The molecule has 4 N–H and O–H groups in total. The molecular weight excluding hydrogens is 273 g/mol. The minimum Gasteiger partial charge on any atom is -0.369 e. The van der Waals surface area contributed by atoms with E-state index in [4.69, 9.17) is 15.3 Å². The smallest absolute Gasteiger partial charge is 0.369 e. The van der Waals surface area contributed by atoms with Crippen molar-refractivity contribution < 1.29 is 27.5 Å². The Morgan fingerprint density at radius 3 is 1.33 bits per heavy atom. The first-order chi connectivity index (χ1) is 1.73. The molecule has 0 spiro atoms. The maximum Gasteiger partial charge on any atom is 1.00 e. The van der Waals surface area contributed by atoms with Gasteiger partial charge in [0.25, 0.3) is 0 Å². The summed E-state index contributed by atoms with van der Waals surface area (Å²) in [5.74, 6) is 0. The number of rotatable bonds is 0. The van der Waals surface area contributed by atoms with E-state index >= 15 is 0 Å². The summed E-state index contributed by atoms with van der Waals surface area (Å²) in [6.07, 6.45) is 0. The summed E-state index contributed by atoms with van der Waals surface area (Å²) in [6.45, 7) is 0. The van der Waals surface area contributed by atoms with E-state index in [1.165, 1.54) is 0 Å². The van der Waals surface area contributed by atoms with E-state index < -0.39 is 5.09 Å². The Kier molecular flexibility index (Phi) is 24.9. The second-order valence-corrected chi connectivity index (χ2v) is 0.224. The minimum atomic E-state index is -1.75. The summed E-state index contributed by atoms with van der Waals surface area (Å²) in [5.41, 5.74) is 0. The largest absolute Gasteiger partial charge is 1.00 e.